The van der Waals surface area contributed by atoms with Crippen LogP contribution in [0.4, 0.5) is 0 Å². The van der Waals surface area contributed by atoms with Crippen LogP contribution < -0.4 is 5.32 Å². The zero-order valence-electron chi connectivity index (χ0n) is 35.7. The predicted octanol–water partition coefficient (Wildman–Crippen LogP) is 11.5. The van der Waals surface area contributed by atoms with E-state index in [2.05, 4.69) is 89.5 Å². The largest absolute Gasteiger partial charge is 0.392 e. The number of para-hydroxylation sites is 2. The lowest BCUT2D eigenvalue weighted by molar-refractivity contribution is -0.276. The van der Waals surface area contributed by atoms with Crippen molar-refractivity contribution in [2.24, 2.45) is 5.92 Å². The van der Waals surface area contributed by atoms with Crippen molar-refractivity contribution < 1.29 is 19.4 Å². The van der Waals surface area contributed by atoms with E-state index < -0.39 is 6.29 Å². The summed E-state index contributed by atoms with van der Waals surface area (Å²) < 4.78 is 13.8. The van der Waals surface area contributed by atoms with Crippen LogP contribution in [0.1, 0.15) is 143 Å². The Morgan fingerprint density at radius 2 is 1.34 bits per heavy atom. The number of fused-ring (bicyclic) bond motifs is 1. The van der Waals surface area contributed by atoms with Gasteiger partial charge in [0.25, 0.3) is 5.91 Å². The maximum Gasteiger partial charge on any atom is 0.271 e. The third kappa shape index (κ3) is 13.0. The molecule has 1 saturated heterocycles. The number of ether oxygens (including phenoxy) is 2. The van der Waals surface area contributed by atoms with Gasteiger partial charge in [0.2, 0.25) is 0 Å². The van der Waals surface area contributed by atoms with Crippen LogP contribution in [0.2, 0.25) is 0 Å². The van der Waals surface area contributed by atoms with Crippen LogP contribution in [0.25, 0.3) is 22.2 Å². The maximum atomic E-state index is 13.0. The van der Waals surface area contributed by atoms with Gasteiger partial charge in [0, 0.05) is 24.6 Å². The molecule has 2 heterocycles. The number of benzene rings is 4. The van der Waals surface area contributed by atoms with Crippen LogP contribution in [0, 0.1) is 5.92 Å². The third-order valence-electron chi connectivity index (χ3n) is 11.8. The van der Waals surface area contributed by atoms with Crippen LogP contribution >= 0.6 is 0 Å². The summed E-state index contributed by atoms with van der Waals surface area (Å²) in [5.41, 5.74) is 7.87. The summed E-state index contributed by atoms with van der Waals surface area (Å²) in [6, 6.07) is 32.5. The van der Waals surface area contributed by atoms with Crippen LogP contribution in [0.15, 0.2) is 103 Å². The third-order valence-corrected chi connectivity index (χ3v) is 11.8. The SMILES string of the molecule is CCCCCCCCN(CCCCCCCC)C[C@@H]1O[C@H](c2ccc(-c3cccc(CNC(=O)c4cnc5ccccc5n4)c3)cc2)O[C@H](c2ccc(CO)cc2)[C@@H]1C. The van der Waals surface area contributed by atoms with Gasteiger partial charge in [-0.15, -0.1) is 0 Å². The average molecular weight is 799 g/mol. The summed E-state index contributed by atoms with van der Waals surface area (Å²) in [5.74, 6) is -0.118. The monoisotopic (exact) mass is 799 g/mol. The minimum atomic E-state index is -0.516. The van der Waals surface area contributed by atoms with E-state index in [1.54, 1.807) is 0 Å². The molecule has 0 saturated carbocycles. The molecule has 2 N–H and O–H groups in total. The van der Waals surface area contributed by atoms with Crippen LogP contribution in [-0.2, 0) is 22.6 Å². The Morgan fingerprint density at radius 3 is 2.02 bits per heavy atom. The number of aliphatic hydroxyl groups is 1. The van der Waals surface area contributed by atoms with Crippen LogP contribution in [0.5, 0.6) is 0 Å². The van der Waals surface area contributed by atoms with E-state index in [1.165, 1.54) is 83.2 Å². The number of nitrogens with zero attached hydrogens (tertiary/aromatic N) is 3. The fourth-order valence-corrected chi connectivity index (χ4v) is 8.14. The van der Waals surface area contributed by atoms with E-state index in [4.69, 9.17) is 9.47 Å². The Balaban J connectivity index is 1.14. The molecule has 0 radical (unpaired) electrons. The van der Waals surface area contributed by atoms with Crippen LogP contribution in [-0.4, -0.2) is 51.6 Å². The lowest BCUT2D eigenvalue weighted by atomic mass is 9.89. The number of carbonyl (C=O) groups is 1. The lowest BCUT2D eigenvalue weighted by Crippen LogP contribution is -2.45. The highest BCUT2D eigenvalue weighted by Crippen LogP contribution is 2.42. The molecule has 1 aliphatic rings. The van der Waals surface area contributed by atoms with Crippen molar-refractivity contribution in [3.05, 3.63) is 131 Å². The molecule has 4 atom stereocenters. The minimum Gasteiger partial charge on any atom is -0.392 e. The van der Waals surface area contributed by atoms with Crippen molar-refractivity contribution >= 4 is 16.9 Å². The van der Waals surface area contributed by atoms with Crippen LogP contribution in [0.3, 0.4) is 0 Å². The molecule has 4 aromatic carbocycles. The van der Waals surface area contributed by atoms with E-state index in [-0.39, 0.29) is 30.6 Å². The van der Waals surface area contributed by atoms with Gasteiger partial charge in [0.15, 0.2) is 6.29 Å². The minimum absolute atomic E-state index is 0.0105. The standard InChI is InChI=1S/C51H66N4O4/c1-4-6-8-10-12-16-31-55(32-17-13-11-9-7-5-2)36-48-38(3)49(42-25-23-39(37-56)24-26-42)59-51(58-48)43-29-27-41(28-30-43)44-20-18-19-40(33-44)34-53-50(57)47-35-52-45-21-14-15-22-46(45)54-47/h14-15,18-30,33,35,38,48-49,51,56H,4-13,16-17,31-32,34,36-37H2,1-3H3,(H,53,57)/t38-,48+,49+,51+/m1/s1. The molecule has 314 valence electrons. The summed E-state index contributed by atoms with van der Waals surface area (Å²) in [7, 11) is 0. The van der Waals surface area contributed by atoms with Gasteiger partial charge in [0.05, 0.1) is 36.0 Å². The molecule has 0 bridgehead atoms. The Labute approximate surface area is 352 Å². The van der Waals surface area contributed by atoms with Gasteiger partial charge in [-0.05, 0) is 71.9 Å². The highest BCUT2D eigenvalue weighted by Gasteiger charge is 2.39. The quantitative estimate of drug-likeness (QED) is 0.0635. The predicted molar refractivity (Wildman–Crippen MR) is 239 cm³/mol. The van der Waals surface area contributed by atoms with E-state index in [0.29, 0.717) is 17.8 Å². The summed E-state index contributed by atoms with van der Waals surface area (Å²) in [6.07, 6.45) is 16.3. The van der Waals surface area contributed by atoms with Gasteiger partial charge in [-0.25, -0.2) is 4.98 Å². The van der Waals surface area contributed by atoms with E-state index in [0.717, 1.165) is 58.5 Å². The fraction of sp³-hybridized carbons (Fsp3) is 0.471. The zero-order valence-corrected chi connectivity index (χ0v) is 35.7. The first-order valence-corrected chi connectivity index (χ1v) is 22.4. The number of carbonyl (C=O) groups excluding carboxylic acids is 1. The van der Waals surface area contributed by atoms with Gasteiger partial charge >= 0.3 is 0 Å². The number of hydrogen-bond acceptors (Lipinski definition) is 7. The number of nitrogens with one attached hydrogen (secondary N) is 1. The fourth-order valence-electron chi connectivity index (χ4n) is 8.14. The number of hydrogen-bond donors (Lipinski definition) is 2. The van der Waals surface area contributed by atoms with Crippen molar-refractivity contribution in [3.8, 4) is 11.1 Å². The number of unbranched alkanes of at least 4 members (excludes halogenated alkanes) is 10. The normalized spacial score (nSPS) is 18.1. The molecule has 8 heteroatoms. The molecule has 6 rings (SSSR count). The molecule has 59 heavy (non-hydrogen) atoms. The van der Waals surface area contributed by atoms with Gasteiger partial charge in [-0.1, -0.05) is 164 Å². The zero-order chi connectivity index (χ0) is 41.2. The topological polar surface area (TPSA) is 96.8 Å². The smallest absolute Gasteiger partial charge is 0.271 e. The lowest BCUT2D eigenvalue weighted by Gasteiger charge is -2.43. The molecular weight excluding hydrogens is 733 g/mol. The van der Waals surface area contributed by atoms with Gasteiger partial charge in [-0.2, -0.15) is 0 Å². The van der Waals surface area contributed by atoms with Crippen molar-refractivity contribution in [2.45, 2.75) is 129 Å². The first-order chi connectivity index (χ1) is 28.9. The summed E-state index contributed by atoms with van der Waals surface area (Å²) in [4.78, 5) is 24.5. The maximum absolute atomic E-state index is 13.0. The summed E-state index contributed by atoms with van der Waals surface area (Å²) in [5, 5.41) is 12.8. The number of aromatic nitrogens is 2. The molecule has 5 aromatic rings. The highest BCUT2D eigenvalue weighted by molar-refractivity contribution is 5.93. The molecule has 1 fully saturated rings. The van der Waals surface area contributed by atoms with E-state index in [1.807, 2.05) is 48.5 Å². The molecule has 1 aliphatic heterocycles. The molecule has 0 aliphatic carbocycles. The Hall–Kier alpha value is -4.47. The Kier molecular flexibility index (Phi) is 17.5. The van der Waals surface area contributed by atoms with Crippen molar-refractivity contribution in [3.63, 3.8) is 0 Å². The second-order valence-electron chi connectivity index (χ2n) is 16.4. The summed E-state index contributed by atoms with van der Waals surface area (Å²) >= 11 is 0. The average Bonchev–Trinajstić information content (AvgIpc) is 3.28. The number of amides is 1. The molecule has 1 aromatic heterocycles. The molecular formula is C51H66N4O4. The van der Waals surface area contributed by atoms with Gasteiger partial charge in [-0.3, -0.25) is 9.78 Å². The van der Waals surface area contributed by atoms with Crippen molar-refractivity contribution in [1.82, 2.24) is 20.2 Å². The molecule has 8 nitrogen and oxygen atoms in total. The summed E-state index contributed by atoms with van der Waals surface area (Å²) in [6.45, 7) is 10.3. The number of rotatable bonds is 23. The number of aliphatic hydroxyl groups excluding tert-OH is 1. The first-order valence-electron chi connectivity index (χ1n) is 22.4. The van der Waals surface area contributed by atoms with E-state index >= 15 is 0 Å². The van der Waals surface area contributed by atoms with Gasteiger partial charge < -0.3 is 24.8 Å². The Morgan fingerprint density at radius 1 is 0.695 bits per heavy atom. The second kappa shape index (κ2) is 23.4. The molecule has 0 unspecified atom stereocenters. The molecule has 1 amide bonds. The Bertz CT molecular complexity index is 1990. The second-order valence-corrected chi connectivity index (χ2v) is 16.4. The molecule has 0 spiro atoms. The van der Waals surface area contributed by atoms with Crippen molar-refractivity contribution in [2.75, 3.05) is 19.6 Å². The van der Waals surface area contributed by atoms with E-state index in [9.17, 15) is 9.90 Å². The first kappa shape index (κ1) is 44.1. The van der Waals surface area contributed by atoms with Crippen molar-refractivity contribution in [1.29, 1.82) is 0 Å². The highest BCUT2D eigenvalue weighted by atomic mass is 16.7. The van der Waals surface area contributed by atoms with Gasteiger partial charge in [0.1, 0.15) is 5.69 Å².